The van der Waals surface area contributed by atoms with Crippen molar-refractivity contribution in [1.82, 2.24) is 5.32 Å². The molecule has 1 saturated heterocycles. The summed E-state index contributed by atoms with van der Waals surface area (Å²) < 4.78 is 83.0. The molecule has 2 aromatic rings. The van der Waals surface area contributed by atoms with E-state index < -0.39 is 41.7 Å². The smallest absolute Gasteiger partial charge is 0.416 e. The van der Waals surface area contributed by atoms with Gasteiger partial charge in [0.2, 0.25) is 5.91 Å². The maximum absolute atomic E-state index is 13.0. The van der Waals surface area contributed by atoms with Crippen molar-refractivity contribution < 1.29 is 35.9 Å². The van der Waals surface area contributed by atoms with Crippen LogP contribution in [0.2, 0.25) is 0 Å². The fourth-order valence-corrected chi connectivity index (χ4v) is 3.35. The Morgan fingerprint density at radius 2 is 1.61 bits per heavy atom. The Labute approximate surface area is 173 Å². The molecule has 0 radical (unpaired) electrons. The van der Waals surface area contributed by atoms with Gasteiger partial charge in [0, 0.05) is 6.42 Å². The summed E-state index contributed by atoms with van der Waals surface area (Å²) in [5.41, 5.74) is 2.38. The molecule has 1 aliphatic rings. The maximum Gasteiger partial charge on any atom is 0.416 e. The van der Waals surface area contributed by atoms with Gasteiger partial charge in [-0.3, -0.25) is 4.79 Å². The normalized spacial score (nSPS) is 22.0. The van der Waals surface area contributed by atoms with E-state index in [1.54, 1.807) is 30.3 Å². The van der Waals surface area contributed by atoms with Crippen molar-refractivity contribution in [3.63, 3.8) is 0 Å². The van der Waals surface area contributed by atoms with Crippen molar-refractivity contribution >= 4 is 5.91 Å². The molecule has 1 amide bonds. The molecule has 0 spiro atoms. The number of hydrogen-bond donors (Lipinski definition) is 2. The fourth-order valence-electron chi connectivity index (χ4n) is 3.35. The Bertz CT molecular complexity index is 940. The van der Waals surface area contributed by atoms with E-state index in [1.165, 1.54) is 6.08 Å². The summed E-state index contributed by atoms with van der Waals surface area (Å²) in [7, 11) is 0. The average Bonchev–Trinajstić information content (AvgIpc) is 2.99. The lowest BCUT2D eigenvalue weighted by molar-refractivity contribution is -0.143. The molecule has 3 rings (SSSR count). The van der Waals surface area contributed by atoms with E-state index in [9.17, 15) is 31.1 Å². The van der Waals surface area contributed by atoms with Crippen LogP contribution >= 0.6 is 0 Å². The van der Waals surface area contributed by atoms with Gasteiger partial charge in [-0.2, -0.15) is 26.3 Å². The van der Waals surface area contributed by atoms with E-state index in [-0.39, 0.29) is 24.0 Å². The quantitative estimate of drug-likeness (QED) is 0.528. The number of alkyl halides is 6. The van der Waals surface area contributed by atoms with Crippen molar-refractivity contribution in [2.45, 2.75) is 37.0 Å². The molecule has 2 atom stereocenters. The zero-order chi connectivity index (χ0) is 22.9. The maximum atomic E-state index is 13.0. The van der Waals surface area contributed by atoms with Gasteiger partial charge in [-0.25, -0.2) is 0 Å². The molecule has 4 nitrogen and oxygen atoms in total. The molecular formula is C21H18F6N2O2. The fraction of sp³-hybridized carbons (Fsp3) is 0.286. The molecule has 0 bridgehead atoms. The van der Waals surface area contributed by atoms with E-state index in [0.29, 0.717) is 17.7 Å². The minimum absolute atomic E-state index is 0.0547. The molecule has 31 heavy (non-hydrogen) atoms. The number of carbonyl (C=O) groups excluding carboxylic acids is 1. The third kappa shape index (κ3) is 5.19. The van der Waals surface area contributed by atoms with Crippen LogP contribution in [-0.4, -0.2) is 11.9 Å². The Morgan fingerprint density at radius 1 is 1.03 bits per heavy atom. The van der Waals surface area contributed by atoms with Crippen molar-refractivity contribution in [2.75, 3.05) is 0 Å². The lowest BCUT2D eigenvalue weighted by atomic mass is 9.87. The number of nitrogens with two attached hydrogens (primary N) is 1. The highest BCUT2D eigenvalue weighted by atomic mass is 19.4. The Kier molecular flexibility index (Phi) is 6.04. The summed E-state index contributed by atoms with van der Waals surface area (Å²) in [5, 5.41) is 2.76. The minimum atomic E-state index is -4.94. The highest BCUT2D eigenvalue weighted by molar-refractivity contribution is 5.85. The molecular weight excluding hydrogens is 426 g/mol. The molecule has 2 aromatic carbocycles. The summed E-state index contributed by atoms with van der Waals surface area (Å²) in [6.07, 6.45) is -7.05. The number of halogens is 6. The van der Waals surface area contributed by atoms with Gasteiger partial charge in [-0.15, -0.1) is 0 Å². The number of carbonyl (C=O) groups is 1. The molecule has 3 N–H and O–H groups in total. The zero-order valence-corrected chi connectivity index (χ0v) is 15.9. The first-order valence-electron chi connectivity index (χ1n) is 9.11. The number of ether oxygens (including phenoxy) is 1. The van der Waals surface area contributed by atoms with Crippen molar-refractivity contribution in [2.24, 2.45) is 5.73 Å². The molecule has 1 fully saturated rings. The summed E-state index contributed by atoms with van der Waals surface area (Å²) in [6.45, 7) is -0.533. The van der Waals surface area contributed by atoms with Crippen molar-refractivity contribution in [3.8, 4) is 0 Å². The standard InChI is InChI=1S/C21H18F6N2O2/c22-20(23,24)15-8-13(9-16(10-15)21(25,26)27)12-31-7-6-19(11-17(28)18(30)29-19)14-4-2-1-3-5-14/h1-10,17H,11-12,28H2,(H,29,30)/b7-6+/t17-,19-/m0/s1. The van der Waals surface area contributed by atoms with E-state index in [4.69, 9.17) is 10.5 Å². The van der Waals surface area contributed by atoms with Crippen LogP contribution < -0.4 is 11.1 Å². The lowest BCUT2D eigenvalue weighted by Crippen LogP contribution is -2.37. The number of hydrogen-bond acceptors (Lipinski definition) is 3. The van der Waals surface area contributed by atoms with Gasteiger partial charge in [-0.1, -0.05) is 30.3 Å². The molecule has 1 aliphatic heterocycles. The largest absolute Gasteiger partial charge is 0.497 e. The minimum Gasteiger partial charge on any atom is -0.497 e. The third-order valence-electron chi connectivity index (χ3n) is 4.86. The molecule has 166 valence electrons. The van der Waals surface area contributed by atoms with Crippen LogP contribution in [0, 0.1) is 0 Å². The summed E-state index contributed by atoms with van der Waals surface area (Å²) in [4.78, 5) is 12.0. The monoisotopic (exact) mass is 444 g/mol. The topological polar surface area (TPSA) is 64.3 Å². The first-order valence-corrected chi connectivity index (χ1v) is 9.11. The van der Waals surface area contributed by atoms with Crippen LogP contribution in [0.25, 0.3) is 0 Å². The van der Waals surface area contributed by atoms with Crippen LogP contribution in [-0.2, 0) is 34.0 Å². The van der Waals surface area contributed by atoms with Crippen molar-refractivity contribution in [3.05, 3.63) is 83.1 Å². The first-order chi connectivity index (χ1) is 14.4. The van der Waals surface area contributed by atoms with Gasteiger partial charge in [0.15, 0.2) is 0 Å². The molecule has 0 unspecified atom stereocenters. The number of amides is 1. The highest BCUT2D eigenvalue weighted by Gasteiger charge is 2.42. The highest BCUT2D eigenvalue weighted by Crippen LogP contribution is 2.37. The van der Waals surface area contributed by atoms with Crippen molar-refractivity contribution in [1.29, 1.82) is 0 Å². The Balaban J connectivity index is 1.82. The second kappa shape index (κ2) is 8.26. The number of rotatable bonds is 5. The van der Waals surface area contributed by atoms with Gasteiger partial charge in [-0.05, 0) is 35.4 Å². The zero-order valence-electron chi connectivity index (χ0n) is 15.9. The number of nitrogens with one attached hydrogen (secondary N) is 1. The Morgan fingerprint density at radius 3 is 2.10 bits per heavy atom. The first kappa shape index (κ1) is 22.7. The van der Waals surface area contributed by atoms with E-state index in [2.05, 4.69) is 5.32 Å². The molecule has 10 heteroatoms. The molecule has 0 aliphatic carbocycles. The molecule has 1 heterocycles. The summed E-state index contributed by atoms with van der Waals surface area (Å²) >= 11 is 0. The average molecular weight is 444 g/mol. The van der Waals surface area contributed by atoms with Gasteiger partial charge < -0.3 is 15.8 Å². The van der Waals surface area contributed by atoms with E-state index in [0.717, 1.165) is 6.26 Å². The second-order valence-corrected chi connectivity index (χ2v) is 7.17. The molecule has 0 saturated carbocycles. The van der Waals surface area contributed by atoms with Gasteiger partial charge in [0.05, 0.1) is 29.0 Å². The summed E-state index contributed by atoms with van der Waals surface area (Å²) in [6, 6.07) is 9.27. The van der Waals surface area contributed by atoms with Crippen LogP contribution in [0.4, 0.5) is 26.3 Å². The summed E-state index contributed by atoms with van der Waals surface area (Å²) in [5.74, 6) is -0.388. The van der Waals surface area contributed by atoms with E-state index >= 15 is 0 Å². The van der Waals surface area contributed by atoms with Crippen LogP contribution in [0.5, 0.6) is 0 Å². The van der Waals surface area contributed by atoms with Crippen LogP contribution in [0.1, 0.15) is 28.7 Å². The number of benzene rings is 2. The van der Waals surface area contributed by atoms with Gasteiger partial charge >= 0.3 is 12.4 Å². The van der Waals surface area contributed by atoms with Crippen LogP contribution in [0.3, 0.4) is 0 Å². The third-order valence-corrected chi connectivity index (χ3v) is 4.86. The van der Waals surface area contributed by atoms with Crippen LogP contribution in [0.15, 0.2) is 60.9 Å². The molecule has 0 aromatic heterocycles. The van der Waals surface area contributed by atoms with Gasteiger partial charge in [0.25, 0.3) is 0 Å². The predicted molar refractivity (Wildman–Crippen MR) is 99.2 cm³/mol. The second-order valence-electron chi connectivity index (χ2n) is 7.17. The van der Waals surface area contributed by atoms with E-state index in [1.807, 2.05) is 0 Å². The SMILES string of the molecule is N[C@H]1C[C@@](/C=C/OCc2cc(C(F)(F)F)cc(C(F)(F)F)c2)(c2ccccc2)NC1=O. The Hall–Kier alpha value is -3.01. The predicted octanol–water partition coefficient (Wildman–Crippen LogP) is 4.50. The lowest BCUT2D eigenvalue weighted by Gasteiger charge is -2.26. The van der Waals surface area contributed by atoms with Gasteiger partial charge in [0.1, 0.15) is 6.61 Å².